The van der Waals surface area contributed by atoms with E-state index in [0.29, 0.717) is 18.1 Å². The Kier molecular flexibility index (Phi) is 6.90. The number of fused-ring (bicyclic) bond motifs is 1. The average molecular weight is 397 g/mol. The molecule has 0 spiro atoms. The standard InChI is InChI=1S/C22H24N2O3S/c1-16-8-3-4-9-17(16)14-20-22(26)24(15-21(25)23-12-7-13-27-2)18-10-5-6-11-19(18)28-20/h3-6,8-11,14H,7,12-13,15H2,1-2H3,(H,23,25)/b20-14-. The second-order valence-electron chi connectivity index (χ2n) is 6.52. The van der Waals surface area contributed by atoms with E-state index >= 15 is 0 Å². The Morgan fingerprint density at radius 2 is 1.93 bits per heavy atom. The molecule has 1 aliphatic heterocycles. The molecule has 0 unspecified atom stereocenters. The van der Waals surface area contributed by atoms with Gasteiger partial charge in [-0.1, -0.05) is 48.2 Å². The second kappa shape index (κ2) is 9.57. The van der Waals surface area contributed by atoms with Crippen LogP contribution in [0.2, 0.25) is 0 Å². The van der Waals surface area contributed by atoms with Crippen molar-refractivity contribution in [3.05, 3.63) is 64.6 Å². The number of carbonyl (C=O) groups excluding carboxylic acids is 2. The minimum absolute atomic E-state index is 0.00546. The molecular weight excluding hydrogens is 372 g/mol. The first-order valence-electron chi connectivity index (χ1n) is 9.22. The van der Waals surface area contributed by atoms with Gasteiger partial charge < -0.3 is 10.1 Å². The third kappa shape index (κ3) is 4.82. The van der Waals surface area contributed by atoms with Crippen LogP contribution in [0.15, 0.2) is 58.3 Å². The number of anilines is 1. The quantitative estimate of drug-likeness (QED) is 0.574. The molecule has 1 heterocycles. The Morgan fingerprint density at radius 1 is 1.18 bits per heavy atom. The number of nitrogens with one attached hydrogen (secondary N) is 1. The predicted molar refractivity (Wildman–Crippen MR) is 113 cm³/mol. The van der Waals surface area contributed by atoms with Gasteiger partial charge in [-0.2, -0.15) is 0 Å². The summed E-state index contributed by atoms with van der Waals surface area (Å²) >= 11 is 1.45. The number of para-hydroxylation sites is 1. The monoisotopic (exact) mass is 396 g/mol. The SMILES string of the molecule is COCCCNC(=O)CN1C(=O)/C(=C/c2ccccc2C)Sc2ccccc21. The lowest BCUT2D eigenvalue weighted by Crippen LogP contribution is -2.43. The maximum absolute atomic E-state index is 13.2. The topological polar surface area (TPSA) is 58.6 Å². The minimum atomic E-state index is -0.179. The predicted octanol–water partition coefficient (Wildman–Crippen LogP) is 3.63. The summed E-state index contributed by atoms with van der Waals surface area (Å²) in [6.07, 6.45) is 2.64. The highest BCUT2D eigenvalue weighted by Gasteiger charge is 2.30. The van der Waals surface area contributed by atoms with E-state index in [9.17, 15) is 9.59 Å². The number of benzene rings is 2. The zero-order valence-electron chi connectivity index (χ0n) is 16.1. The van der Waals surface area contributed by atoms with Gasteiger partial charge in [0.25, 0.3) is 5.91 Å². The molecule has 0 aromatic heterocycles. The summed E-state index contributed by atoms with van der Waals surface area (Å²) in [7, 11) is 1.63. The molecule has 0 radical (unpaired) electrons. The van der Waals surface area contributed by atoms with E-state index in [1.807, 2.05) is 61.5 Å². The molecule has 146 valence electrons. The van der Waals surface area contributed by atoms with Crippen molar-refractivity contribution in [1.82, 2.24) is 5.32 Å². The van der Waals surface area contributed by atoms with Gasteiger partial charge in [-0.25, -0.2) is 0 Å². The first-order valence-corrected chi connectivity index (χ1v) is 10.0. The van der Waals surface area contributed by atoms with Crippen LogP contribution in [-0.4, -0.2) is 38.6 Å². The Morgan fingerprint density at radius 3 is 2.71 bits per heavy atom. The molecule has 2 aromatic carbocycles. The highest BCUT2D eigenvalue weighted by Crippen LogP contribution is 2.42. The van der Waals surface area contributed by atoms with Crippen LogP contribution in [0.3, 0.4) is 0 Å². The molecule has 0 fully saturated rings. The third-order valence-corrected chi connectivity index (χ3v) is 5.53. The highest BCUT2D eigenvalue weighted by molar-refractivity contribution is 8.04. The molecule has 0 atom stereocenters. The molecule has 0 saturated carbocycles. The minimum Gasteiger partial charge on any atom is -0.385 e. The van der Waals surface area contributed by atoms with Gasteiger partial charge in [0.2, 0.25) is 5.91 Å². The van der Waals surface area contributed by atoms with Gasteiger partial charge in [-0.15, -0.1) is 0 Å². The van der Waals surface area contributed by atoms with E-state index in [1.54, 1.807) is 12.0 Å². The lowest BCUT2D eigenvalue weighted by molar-refractivity contribution is -0.122. The summed E-state index contributed by atoms with van der Waals surface area (Å²) in [4.78, 5) is 28.7. The molecule has 2 amide bonds. The molecule has 1 N–H and O–H groups in total. The van der Waals surface area contributed by atoms with E-state index in [2.05, 4.69) is 5.32 Å². The van der Waals surface area contributed by atoms with Gasteiger partial charge in [-0.3, -0.25) is 14.5 Å². The number of amides is 2. The first-order chi connectivity index (χ1) is 13.6. The molecule has 0 saturated heterocycles. The molecule has 3 rings (SSSR count). The fourth-order valence-corrected chi connectivity index (χ4v) is 4.00. The first kappa shape index (κ1) is 20.2. The lowest BCUT2D eigenvalue weighted by atomic mass is 10.1. The molecule has 28 heavy (non-hydrogen) atoms. The van der Waals surface area contributed by atoms with Crippen molar-refractivity contribution in [2.75, 3.05) is 31.7 Å². The van der Waals surface area contributed by atoms with Crippen LogP contribution in [0.4, 0.5) is 5.69 Å². The molecule has 6 heteroatoms. The van der Waals surface area contributed by atoms with Crippen molar-refractivity contribution in [3.8, 4) is 0 Å². The molecular formula is C22H24N2O3S. The third-order valence-electron chi connectivity index (χ3n) is 4.46. The summed E-state index contributed by atoms with van der Waals surface area (Å²) in [5, 5.41) is 2.85. The number of aryl methyl sites for hydroxylation is 1. The van der Waals surface area contributed by atoms with Crippen LogP contribution in [0, 0.1) is 6.92 Å². The van der Waals surface area contributed by atoms with Crippen LogP contribution in [-0.2, 0) is 14.3 Å². The van der Waals surface area contributed by atoms with Crippen molar-refractivity contribution in [3.63, 3.8) is 0 Å². The van der Waals surface area contributed by atoms with Crippen LogP contribution >= 0.6 is 11.8 Å². The normalized spacial score (nSPS) is 14.9. The Labute approximate surface area is 169 Å². The summed E-state index contributed by atoms with van der Waals surface area (Å²) in [6, 6.07) is 15.6. The van der Waals surface area contributed by atoms with Crippen molar-refractivity contribution in [2.45, 2.75) is 18.2 Å². The Bertz CT molecular complexity index is 895. The van der Waals surface area contributed by atoms with E-state index in [-0.39, 0.29) is 18.4 Å². The summed E-state index contributed by atoms with van der Waals surface area (Å²) in [5.74, 6) is -0.333. The van der Waals surface area contributed by atoms with E-state index in [1.165, 1.54) is 11.8 Å². The molecule has 1 aliphatic rings. The molecule has 5 nitrogen and oxygen atoms in total. The van der Waals surface area contributed by atoms with Gasteiger partial charge in [0.1, 0.15) is 6.54 Å². The second-order valence-corrected chi connectivity index (χ2v) is 7.61. The molecule has 0 aliphatic carbocycles. The fraction of sp³-hybridized carbons (Fsp3) is 0.273. The van der Waals surface area contributed by atoms with Crippen molar-refractivity contribution >= 4 is 35.3 Å². The smallest absolute Gasteiger partial charge is 0.265 e. The number of nitrogens with zero attached hydrogens (tertiary/aromatic N) is 1. The van der Waals surface area contributed by atoms with Crippen LogP contribution in [0.1, 0.15) is 17.5 Å². The lowest BCUT2D eigenvalue weighted by Gasteiger charge is -2.30. The fourth-order valence-electron chi connectivity index (χ4n) is 2.95. The van der Waals surface area contributed by atoms with Crippen molar-refractivity contribution in [1.29, 1.82) is 0 Å². The van der Waals surface area contributed by atoms with Crippen molar-refractivity contribution in [2.24, 2.45) is 0 Å². The summed E-state index contributed by atoms with van der Waals surface area (Å²) in [5.41, 5.74) is 2.87. The van der Waals surface area contributed by atoms with Gasteiger partial charge in [0.05, 0.1) is 10.6 Å². The van der Waals surface area contributed by atoms with Crippen molar-refractivity contribution < 1.29 is 14.3 Å². The summed E-state index contributed by atoms with van der Waals surface area (Å²) < 4.78 is 4.99. The Hall–Kier alpha value is -2.57. The van der Waals surface area contributed by atoms with Gasteiger partial charge in [-0.05, 0) is 42.7 Å². The number of thioether (sulfide) groups is 1. The number of hydrogen-bond acceptors (Lipinski definition) is 4. The van der Waals surface area contributed by atoms with Crippen LogP contribution in [0.5, 0.6) is 0 Å². The number of hydrogen-bond donors (Lipinski definition) is 1. The van der Waals surface area contributed by atoms with Crippen LogP contribution in [0.25, 0.3) is 6.08 Å². The maximum atomic E-state index is 13.2. The number of methoxy groups -OCH3 is 1. The van der Waals surface area contributed by atoms with E-state index in [4.69, 9.17) is 4.74 Å². The van der Waals surface area contributed by atoms with Crippen LogP contribution < -0.4 is 10.2 Å². The zero-order chi connectivity index (χ0) is 19.9. The van der Waals surface area contributed by atoms with Gasteiger partial charge in [0, 0.05) is 25.2 Å². The summed E-state index contributed by atoms with van der Waals surface area (Å²) in [6.45, 7) is 3.13. The largest absolute Gasteiger partial charge is 0.385 e. The Balaban J connectivity index is 1.83. The van der Waals surface area contributed by atoms with E-state index in [0.717, 1.165) is 28.1 Å². The number of carbonyl (C=O) groups is 2. The maximum Gasteiger partial charge on any atom is 0.265 e. The number of rotatable bonds is 7. The van der Waals surface area contributed by atoms with E-state index < -0.39 is 0 Å². The van der Waals surface area contributed by atoms with Gasteiger partial charge >= 0.3 is 0 Å². The average Bonchev–Trinajstić information content (AvgIpc) is 2.70. The zero-order valence-corrected chi connectivity index (χ0v) is 16.9. The highest BCUT2D eigenvalue weighted by atomic mass is 32.2. The van der Waals surface area contributed by atoms with Gasteiger partial charge in [0.15, 0.2) is 0 Å². The molecule has 0 bridgehead atoms. The molecule has 2 aromatic rings. The number of ether oxygens (including phenoxy) is 1.